The van der Waals surface area contributed by atoms with Crippen molar-refractivity contribution in [2.45, 2.75) is 19.4 Å². The van der Waals surface area contributed by atoms with E-state index in [0.29, 0.717) is 5.56 Å². The molecule has 0 radical (unpaired) electrons. The molecule has 0 spiro atoms. The number of H-pyrrole nitrogens is 1. The first kappa shape index (κ1) is 20.6. The Labute approximate surface area is 196 Å². The topological polar surface area (TPSA) is 75.9 Å². The first-order chi connectivity index (χ1) is 16.7. The number of carbonyl (C=O) groups excluding carboxylic acids is 1. The average Bonchev–Trinajstić information content (AvgIpc) is 3.61. The number of nitrogens with zero attached hydrogens (tertiary/aromatic N) is 4. The van der Waals surface area contributed by atoms with Crippen LogP contribution in [0, 0.1) is 0 Å². The normalized spacial score (nSPS) is 14.4. The first-order valence-corrected chi connectivity index (χ1v) is 11.7. The summed E-state index contributed by atoms with van der Waals surface area (Å²) in [5.74, 6) is 0. The number of carbonyl (C=O) groups is 1. The molecule has 0 saturated carbocycles. The second-order valence-electron chi connectivity index (χ2n) is 8.93. The average molecular weight is 452 g/mol. The largest absolute Gasteiger partial charge is 0.355 e. The van der Waals surface area contributed by atoms with Gasteiger partial charge in [0.2, 0.25) is 0 Å². The van der Waals surface area contributed by atoms with Gasteiger partial charge in [0.25, 0.3) is 5.56 Å². The smallest absolute Gasteiger partial charge is 0.255 e. The number of nitrogens with one attached hydrogen (secondary N) is 1. The van der Waals surface area contributed by atoms with Crippen LogP contribution < -0.4 is 5.56 Å². The van der Waals surface area contributed by atoms with Crippen molar-refractivity contribution >= 4 is 28.1 Å². The highest BCUT2D eigenvalue weighted by atomic mass is 16.1. The molecule has 0 atom stereocenters. The second kappa shape index (κ2) is 8.43. The molecule has 2 aromatic carbocycles. The summed E-state index contributed by atoms with van der Waals surface area (Å²) in [5.41, 5.74) is 5.00. The minimum atomic E-state index is -0.106. The molecular formula is C27H25N5O2. The Hall–Kier alpha value is -3.97. The van der Waals surface area contributed by atoms with Gasteiger partial charge in [-0.15, -0.1) is 0 Å². The Morgan fingerprint density at radius 1 is 0.941 bits per heavy atom. The van der Waals surface area contributed by atoms with Crippen molar-refractivity contribution in [1.82, 2.24) is 24.2 Å². The first-order valence-electron chi connectivity index (χ1n) is 11.7. The quantitative estimate of drug-likeness (QED) is 0.392. The van der Waals surface area contributed by atoms with Crippen LogP contribution in [0.1, 0.15) is 23.2 Å². The maximum atomic E-state index is 13.0. The molecule has 6 rings (SSSR count). The molecule has 0 amide bonds. The van der Waals surface area contributed by atoms with Crippen LogP contribution in [0.4, 0.5) is 0 Å². The lowest BCUT2D eigenvalue weighted by Gasteiger charge is -2.14. The molecule has 1 N–H and O–H groups in total. The highest BCUT2D eigenvalue weighted by molar-refractivity contribution is 5.90. The van der Waals surface area contributed by atoms with Crippen LogP contribution in [0.25, 0.3) is 38.8 Å². The van der Waals surface area contributed by atoms with E-state index in [0.717, 1.165) is 58.1 Å². The zero-order valence-corrected chi connectivity index (χ0v) is 18.8. The number of benzene rings is 2. The van der Waals surface area contributed by atoms with E-state index in [1.165, 1.54) is 25.9 Å². The number of hydrogen-bond donors (Lipinski definition) is 1. The number of aromatic nitrogens is 4. The zero-order chi connectivity index (χ0) is 23.1. The Balaban J connectivity index is 1.27. The summed E-state index contributed by atoms with van der Waals surface area (Å²) in [6.45, 7) is 4.25. The van der Waals surface area contributed by atoms with Gasteiger partial charge < -0.3 is 9.88 Å². The molecule has 1 saturated heterocycles. The van der Waals surface area contributed by atoms with Gasteiger partial charge in [-0.05, 0) is 74.5 Å². The number of rotatable bonds is 6. The van der Waals surface area contributed by atoms with Crippen molar-refractivity contribution < 1.29 is 4.79 Å². The number of aromatic amines is 1. The van der Waals surface area contributed by atoms with Gasteiger partial charge in [0.1, 0.15) is 6.29 Å². The molecule has 1 aliphatic rings. The lowest BCUT2D eigenvalue weighted by atomic mass is 10.1. The molecule has 3 aromatic heterocycles. The van der Waals surface area contributed by atoms with Gasteiger partial charge in [0.15, 0.2) is 0 Å². The van der Waals surface area contributed by atoms with Crippen molar-refractivity contribution in [2.24, 2.45) is 0 Å². The van der Waals surface area contributed by atoms with Gasteiger partial charge >= 0.3 is 0 Å². The van der Waals surface area contributed by atoms with Crippen molar-refractivity contribution in [3.8, 4) is 16.9 Å². The van der Waals surface area contributed by atoms with Crippen LogP contribution >= 0.6 is 0 Å². The molecule has 1 fully saturated rings. The Kier molecular flexibility index (Phi) is 5.11. The van der Waals surface area contributed by atoms with E-state index in [1.807, 2.05) is 48.7 Å². The summed E-state index contributed by atoms with van der Waals surface area (Å²) in [6.07, 6.45) is 7.09. The summed E-state index contributed by atoms with van der Waals surface area (Å²) >= 11 is 0. The zero-order valence-electron chi connectivity index (χ0n) is 18.8. The van der Waals surface area contributed by atoms with Gasteiger partial charge in [-0.25, -0.2) is 0 Å². The molecular weight excluding hydrogens is 426 g/mol. The van der Waals surface area contributed by atoms with E-state index in [4.69, 9.17) is 0 Å². The third-order valence-electron chi connectivity index (χ3n) is 6.74. The summed E-state index contributed by atoms with van der Waals surface area (Å²) in [5, 5.41) is 6.54. The van der Waals surface area contributed by atoms with E-state index in [-0.39, 0.29) is 5.56 Å². The minimum Gasteiger partial charge on any atom is -0.355 e. The second-order valence-corrected chi connectivity index (χ2v) is 8.93. The molecule has 0 bridgehead atoms. The van der Waals surface area contributed by atoms with Gasteiger partial charge in [-0.3, -0.25) is 18.8 Å². The molecule has 34 heavy (non-hydrogen) atoms. The highest BCUT2D eigenvalue weighted by Gasteiger charge is 2.13. The van der Waals surface area contributed by atoms with Crippen LogP contribution in [0.5, 0.6) is 0 Å². The molecule has 5 aromatic rings. The van der Waals surface area contributed by atoms with E-state index >= 15 is 0 Å². The molecule has 7 heteroatoms. The summed E-state index contributed by atoms with van der Waals surface area (Å²) in [4.78, 5) is 29.9. The third-order valence-corrected chi connectivity index (χ3v) is 6.74. The number of aldehydes is 1. The highest BCUT2D eigenvalue weighted by Crippen LogP contribution is 2.25. The van der Waals surface area contributed by atoms with Crippen LogP contribution in [0.15, 0.2) is 71.8 Å². The Morgan fingerprint density at radius 2 is 1.82 bits per heavy atom. The lowest BCUT2D eigenvalue weighted by Crippen LogP contribution is -2.24. The molecule has 1 aliphatic heterocycles. The van der Waals surface area contributed by atoms with Crippen LogP contribution in [-0.2, 0) is 6.54 Å². The predicted octanol–water partition coefficient (Wildman–Crippen LogP) is 4.24. The van der Waals surface area contributed by atoms with Crippen LogP contribution in [0.2, 0.25) is 0 Å². The number of hydrogen-bond acceptors (Lipinski definition) is 4. The van der Waals surface area contributed by atoms with Crippen molar-refractivity contribution in [2.75, 3.05) is 19.6 Å². The SMILES string of the molecule is O=Cc1ccc2[nH]c(-c3ccn(-c4ccc5c(cnn5CCN5CCCC5)c4)c(=O)c3)cc2c1. The van der Waals surface area contributed by atoms with Gasteiger partial charge in [0.05, 0.1) is 18.3 Å². The fourth-order valence-electron chi connectivity index (χ4n) is 4.88. The number of pyridine rings is 1. The summed E-state index contributed by atoms with van der Waals surface area (Å²) in [6, 6.07) is 17.0. The monoisotopic (exact) mass is 451 g/mol. The summed E-state index contributed by atoms with van der Waals surface area (Å²) in [7, 11) is 0. The minimum absolute atomic E-state index is 0.106. The maximum Gasteiger partial charge on any atom is 0.255 e. The fraction of sp³-hybridized carbons (Fsp3) is 0.222. The Bertz CT molecular complexity index is 1570. The van der Waals surface area contributed by atoms with Gasteiger partial charge in [0, 0.05) is 57.6 Å². The van der Waals surface area contributed by atoms with E-state index in [2.05, 4.69) is 19.7 Å². The maximum absolute atomic E-state index is 13.0. The predicted molar refractivity (Wildman–Crippen MR) is 134 cm³/mol. The van der Waals surface area contributed by atoms with Gasteiger partial charge in [-0.1, -0.05) is 0 Å². The van der Waals surface area contributed by atoms with Gasteiger partial charge in [-0.2, -0.15) is 5.10 Å². The molecule has 7 nitrogen and oxygen atoms in total. The van der Waals surface area contributed by atoms with E-state index in [1.54, 1.807) is 22.9 Å². The number of likely N-dealkylation sites (tertiary alicyclic amines) is 1. The van der Waals surface area contributed by atoms with E-state index < -0.39 is 0 Å². The van der Waals surface area contributed by atoms with Crippen LogP contribution in [0.3, 0.4) is 0 Å². The molecule has 0 aliphatic carbocycles. The lowest BCUT2D eigenvalue weighted by molar-refractivity contribution is 0.112. The summed E-state index contributed by atoms with van der Waals surface area (Å²) < 4.78 is 3.70. The van der Waals surface area contributed by atoms with Crippen molar-refractivity contribution in [3.05, 3.63) is 82.9 Å². The molecule has 4 heterocycles. The standard InChI is InChI=1S/C27H25N5O2/c33-18-19-3-5-24-21(13-19)15-25(29-24)20-7-10-31(27(34)16-20)23-4-6-26-22(14-23)17-28-32(26)12-11-30-8-1-2-9-30/h3-7,10,13-18,29H,1-2,8-9,11-12H2. The molecule has 170 valence electrons. The Morgan fingerprint density at radius 3 is 2.65 bits per heavy atom. The third kappa shape index (κ3) is 3.74. The molecule has 0 unspecified atom stereocenters. The van der Waals surface area contributed by atoms with E-state index in [9.17, 15) is 9.59 Å². The van der Waals surface area contributed by atoms with Crippen molar-refractivity contribution in [1.29, 1.82) is 0 Å². The van der Waals surface area contributed by atoms with Crippen LogP contribution in [-0.4, -0.2) is 50.2 Å². The number of fused-ring (bicyclic) bond motifs is 2. The fourth-order valence-corrected chi connectivity index (χ4v) is 4.88. The van der Waals surface area contributed by atoms with Crippen molar-refractivity contribution in [3.63, 3.8) is 0 Å².